The fraction of sp³-hybridized carbons (Fsp3) is 0.353. The van der Waals surface area contributed by atoms with Crippen LogP contribution in [0.4, 0.5) is 11.4 Å². The first-order valence-corrected chi connectivity index (χ1v) is 7.47. The quantitative estimate of drug-likeness (QED) is 0.933. The number of pyridine rings is 1. The summed E-state index contributed by atoms with van der Waals surface area (Å²) in [4.78, 5) is 8.95. The first-order valence-electron chi connectivity index (χ1n) is 7.47. The van der Waals surface area contributed by atoms with Crippen LogP contribution < -0.4 is 10.2 Å². The predicted molar refractivity (Wildman–Crippen MR) is 87.7 cm³/mol. The molecule has 21 heavy (non-hydrogen) atoms. The minimum absolute atomic E-state index is 0.807. The Morgan fingerprint density at radius 3 is 2.48 bits per heavy atom. The van der Waals surface area contributed by atoms with Gasteiger partial charge in [-0.1, -0.05) is 6.07 Å². The molecule has 0 saturated carbocycles. The molecule has 2 aromatic rings. The lowest BCUT2D eigenvalue weighted by molar-refractivity contribution is 0.313. The molecule has 1 aliphatic heterocycles. The van der Waals surface area contributed by atoms with Crippen LogP contribution >= 0.6 is 0 Å². The molecule has 0 amide bonds. The molecule has 3 rings (SSSR count). The Balaban J connectivity index is 1.57. The van der Waals surface area contributed by atoms with Crippen LogP contribution in [0.1, 0.15) is 5.56 Å². The first kappa shape index (κ1) is 13.9. The highest BCUT2D eigenvalue weighted by atomic mass is 15.2. The van der Waals surface area contributed by atoms with Crippen molar-refractivity contribution in [2.24, 2.45) is 0 Å². The van der Waals surface area contributed by atoms with E-state index in [2.05, 4.69) is 57.5 Å². The van der Waals surface area contributed by atoms with Crippen LogP contribution in [-0.2, 0) is 6.54 Å². The number of benzene rings is 1. The van der Waals surface area contributed by atoms with Crippen molar-refractivity contribution in [1.29, 1.82) is 0 Å². The van der Waals surface area contributed by atoms with Crippen LogP contribution in [0.15, 0.2) is 48.8 Å². The third kappa shape index (κ3) is 3.73. The van der Waals surface area contributed by atoms with Crippen molar-refractivity contribution in [3.8, 4) is 0 Å². The number of rotatable bonds is 4. The summed E-state index contributed by atoms with van der Waals surface area (Å²) in [7, 11) is 2.18. The van der Waals surface area contributed by atoms with Crippen LogP contribution in [0.5, 0.6) is 0 Å². The van der Waals surface area contributed by atoms with Crippen LogP contribution in [0.25, 0.3) is 0 Å². The number of anilines is 2. The summed E-state index contributed by atoms with van der Waals surface area (Å²) in [5, 5.41) is 3.43. The SMILES string of the molecule is CN1CCN(c2ccc(NCc3cccnc3)cc2)CC1. The minimum atomic E-state index is 0.807. The van der Waals surface area contributed by atoms with Crippen LogP contribution in [0, 0.1) is 0 Å². The molecule has 2 heterocycles. The van der Waals surface area contributed by atoms with E-state index in [1.165, 1.54) is 11.3 Å². The van der Waals surface area contributed by atoms with Gasteiger partial charge in [-0.05, 0) is 42.9 Å². The molecular weight excluding hydrogens is 260 g/mol. The Bertz CT molecular complexity index is 545. The van der Waals surface area contributed by atoms with Gasteiger partial charge in [0.05, 0.1) is 0 Å². The van der Waals surface area contributed by atoms with E-state index in [1.54, 1.807) is 6.20 Å². The zero-order valence-corrected chi connectivity index (χ0v) is 12.5. The highest BCUT2D eigenvalue weighted by Gasteiger charge is 2.13. The molecule has 1 N–H and O–H groups in total. The highest BCUT2D eigenvalue weighted by Crippen LogP contribution is 2.19. The van der Waals surface area contributed by atoms with Crippen molar-refractivity contribution in [2.45, 2.75) is 6.54 Å². The number of aromatic nitrogens is 1. The summed E-state index contributed by atoms with van der Waals surface area (Å²) < 4.78 is 0. The van der Waals surface area contributed by atoms with Crippen molar-refractivity contribution >= 4 is 11.4 Å². The van der Waals surface area contributed by atoms with Crippen molar-refractivity contribution in [1.82, 2.24) is 9.88 Å². The van der Waals surface area contributed by atoms with E-state index in [-0.39, 0.29) is 0 Å². The molecule has 1 aliphatic rings. The second kappa shape index (κ2) is 6.59. The standard InChI is InChI=1S/C17H22N4/c1-20-9-11-21(12-10-20)17-6-4-16(5-7-17)19-14-15-3-2-8-18-13-15/h2-8,13,19H,9-12,14H2,1H3. The number of hydrogen-bond acceptors (Lipinski definition) is 4. The summed E-state index contributed by atoms with van der Waals surface area (Å²) in [6.07, 6.45) is 3.69. The van der Waals surface area contributed by atoms with E-state index in [1.807, 2.05) is 12.3 Å². The van der Waals surface area contributed by atoms with Crippen LogP contribution in [0.2, 0.25) is 0 Å². The van der Waals surface area contributed by atoms with Gasteiger partial charge in [-0.25, -0.2) is 0 Å². The van der Waals surface area contributed by atoms with Crippen LogP contribution in [0.3, 0.4) is 0 Å². The van der Waals surface area contributed by atoms with E-state index < -0.39 is 0 Å². The maximum Gasteiger partial charge on any atom is 0.0416 e. The normalized spacial score (nSPS) is 16.0. The van der Waals surface area contributed by atoms with Gasteiger partial charge in [0.1, 0.15) is 0 Å². The Morgan fingerprint density at radius 2 is 1.81 bits per heavy atom. The van der Waals surface area contributed by atoms with Gasteiger partial charge in [0, 0.05) is 56.5 Å². The zero-order chi connectivity index (χ0) is 14.5. The summed E-state index contributed by atoms with van der Waals surface area (Å²) >= 11 is 0. The molecular formula is C17H22N4. The van der Waals surface area contributed by atoms with E-state index in [4.69, 9.17) is 0 Å². The average molecular weight is 282 g/mol. The molecule has 4 heteroatoms. The Labute approximate surface area is 126 Å². The molecule has 0 bridgehead atoms. The summed E-state index contributed by atoms with van der Waals surface area (Å²) in [5.74, 6) is 0. The first-order chi connectivity index (χ1) is 10.3. The van der Waals surface area contributed by atoms with Gasteiger partial charge in [0.15, 0.2) is 0 Å². The van der Waals surface area contributed by atoms with E-state index in [9.17, 15) is 0 Å². The minimum Gasteiger partial charge on any atom is -0.381 e. The molecule has 0 spiro atoms. The summed E-state index contributed by atoms with van der Waals surface area (Å²) in [5.41, 5.74) is 3.66. The summed E-state index contributed by atoms with van der Waals surface area (Å²) in [6.45, 7) is 5.31. The third-order valence-electron chi connectivity index (χ3n) is 3.96. The van der Waals surface area contributed by atoms with Gasteiger partial charge in [-0.15, -0.1) is 0 Å². The van der Waals surface area contributed by atoms with Crippen LogP contribution in [-0.4, -0.2) is 43.1 Å². The molecule has 0 atom stereocenters. The van der Waals surface area contributed by atoms with Crippen molar-refractivity contribution in [3.05, 3.63) is 54.4 Å². The number of piperazine rings is 1. The largest absolute Gasteiger partial charge is 0.381 e. The van der Waals surface area contributed by atoms with Crippen molar-refractivity contribution < 1.29 is 0 Å². The Morgan fingerprint density at radius 1 is 1.05 bits per heavy atom. The number of likely N-dealkylation sites (N-methyl/N-ethyl adjacent to an activating group) is 1. The number of nitrogens with one attached hydrogen (secondary N) is 1. The maximum absolute atomic E-state index is 4.13. The molecule has 1 fully saturated rings. The second-order valence-electron chi connectivity index (χ2n) is 5.55. The zero-order valence-electron chi connectivity index (χ0n) is 12.5. The van der Waals surface area contributed by atoms with Gasteiger partial charge >= 0.3 is 0 Å². The molecule has 1 aromatic heterocycles. The highest BCUT2D eigenvalue weighted by molar-refractivity contribution is 5.55. The predicted octanol–water partition coefficient (Wildman–Crippen LogP) is 2.45. The molecule has 0 aliphatic carbocycles. The monoisotopic (exact) mass is 282 g/mol. The van der Waals surface area contributed by atoms with Crippen molar-refractivity contribution in [3.63, 3.8) is 0 Å². The fourth-order valence-corrected chi connectivity index (χ4v) is 2.56. The van der Waals surface area contributed by atoms with Gasteiger partial charge < -0.3 is 15.1 Å². The second-order valence-corrected chi connectivity index (χ2v) is 5.55. The van der Waals surface area contributed by atoms with Gasteiger partial charge in [-0.2, -0.15) is 0 Å². The molecule has 1 aromatic carbocycles. The smallest absolute Gasteiger partial charge is 0.0416 e. The molecule has 1 saturated heterocycles. The lowest BCUT2D eigenvalue weighted by Gasteiger charge is -2.34. The van der Waals surface area contributed by atoms with E-state index >= 15 is 0 Å². The molecule has 0 radical (unpaired) electrons. The molecule has 0 unspecified atom stereocenters. The van der Waals surface area contributed by atoms with E-state index in [0.717, 1.165) is 38.4 Å². The van der Waals surface area contributed by atoms with Gasteiger partial charge in [-0.3, -0.25) is 4.98 Å². The Hall–Kier alpha value is -2.07. The van der Waals surface area contributed by atoms with Gasteiger partial charge in [0.2, 0.25) is 0 Å². The Kier molecular flexibility index (Phi) is 4.36. The lowest BCUT2D eigenvalue weighted by atomic mass is 10.2. The fourth-order valence-electron chi connectivity index (χ4n) is 2.56. The van der Waals surface area contributed by atoms with Crippen molar-refractivity contribution in [2.75, 3.05) is 43.4 Å². The molecule has 110 valence electrons. The average Bonchev–Trinajstić information content (AvgIpc) is 2.55. The van der Waals surface area contributed by atoms with E-state index in [0.29, 0.717) is 0 Å². The number of nitrogens with zero attached hydrogens (tertiary/aromatic N) is 3. The topological polar surface area (TPSA) is 31.4 Å². The third-order valence-corrected chi connectivity index (χ3v) is 3.96. The van der Waals surface area contributed by atoms with Gasteiger partial charge in [0.25, 0.3) is 0 Å². The number of hydrogen-bond donors (Lipinski definition) is 1. The summed E-state index contributed by atoms with van der Waals surface area (Å²) in [6, 6.07) is 12.8. The molecule has 4 nitrogen and oxygen atoms in total. The lowest BCUT2D eigenvalue weighted by Crippen LogP contribution is -2.44. The maximum atomic E-state index is 4.13.